The second-order valence-corrected chi connectivity index (χ2v) is 4.22. The minimum Gasteiger partial charge on any atom is -0.380 e. The van der Waals surface area contributed by atoms with Crippen molar-refractivity contribution in [3.63, 3.8) is 0 Å². The number of benzene rings is 1. The number of nitro groups is 1. The Hall–Kier alpha value is -2.14. The average molecular weight is 264 g/mol. The highest BCUT2D eigenvalue weighted by Gasteiger charge is 2.13. The van der Waals surface area contributed by atoms with Gasteiger partial charge < -0.3 is 5.32 Å². The molecule has 0 fully saturated rings. The number of nitro benzene ring substituents is 1. The Morgan fingerprint density at radius 1 is 1.44 bits per heavy atom. The van der Waals surface area contributed by atoms with Crippen LogP contribution in [-0.4, -0.2) is 16.5 Å². The number of hydrogen-bond donors (Lipinski definition) is 1. The van der Waals surface area contributed by atoms with Gasteiger partial charge >= 0.3 is 0 Å². The molecule has 1 aromatic carbocycles. The molecular formula is C12H10ClN3O2. The maximum atomic E-state index is 10.9. The Kier molecular flexibility index (Phi) is 3.43. The first-order valence-electron chi connectivity index (χ1n) is 5.18. The van der Waals surface area contributed by atoms with E-state index in [-0.39, 0.29) is 5.69 Å². The molecule has 1 aromatic heterocycles. The van der Waals surface area contributed by atoms with E-state index in [1.807, 2.05) is 0 Å². The molecule has 0 unspecified atom stereocenters. The Labute approximate surface area is 108 Å². The quantitative estimate of drug-likeness (QED) is 0.679. The second kappa shape index (κ2) is 5.01. The van der Waals surface area contributed by atoms with Gasteiger partial charge in [0.25, 0.3) is 5.69 Å². The van der Waals surface area contributed by atoms with Crippen LogP contribution >= 0.6 is 11.6 Å². The maximum absolute atomic E-state index is 10.9. The first kappa shape index (κ1) is 12.3. The van der Waals surface area contributed by atoms with Crippen molar-refractivity contribution in [1.82, 2.24) is 4.98 Å². The first-order chi connectivity index (χ1) is 8.59. The van der Waals surface area contributed by atoms with Crippen LogP contribution in [0.3, 0.4) is 0 Å². The van der Waals surface area contributed by atoms with Crippen LogP contribution < -0.4 is 5.32 Å². The van der Waals surface area contributed by atoms with Gasteiger partial charge in [-0.2, -0.15) is 0 Å². The fourth-order valence-corrected chi connectivity index (χ4v) is 1.75. The van der Waals surface area contributed by atoms with E-state index in [4.69, 9.17) is 11.6 Å². The third-order valence-corrected chi connectivity index (χ3v) is 2.60. The molecule has 1 heterocycles. The summed E-state index contributed by atoms with van der Waals surface area (Å²) in [6.07, 6.45) is 3.07. The number of fused-ring (bicyclic) bond motifs is 1. The molecule has 0 spiro atoms. The van der Waals surface area contributed by atoms with Crippen molar-refractivity contribution in [2.75, 3.05) is 11.9 Å². The molecule has 18 heavy (non-hydrogen) atoms. The number of pyridine rings is 1. The fraction of sp³-hybridized carbons (Fsp3) is 0.0833. The molecule has 0 aliphatic rings. The van der Waals surface area contributed by atoms with Crippen molar-refractivity contribution in [2.45, 2.75) is 0 Å². The number of aromatic nitrogens is 1. The van der Waals surface area contributed by atoms with Crippen molar-refractivity contribution in [1.29, 1.82) is 0 Å². The van der Waals surface area contributed by atoms with Crippen LogP contribution in [0.25, 0.3) is 10.8 Å². The molecule has 0 aliphatic heterocycles. The summed E-state index contributed by atoms with van der Waals surface area (Å²) < 4.78 is 0. The molecule has 2 aromatic rings. The minimum atomic E-state index is -0.422. The summed E-state index contributed by atoms with van der Waals surface area (Å²) >= 11 is 5.68. The summed E-state index contributed by atoms with van der Waals surface area (Å²) in [6, 6.07) is 4.82. The van der Waals surface area contributed by atoms with Gasteiger partial charge in [0.05, 0.1) is 16.9 Å². The number of hydrogen-bond acceptors (Lipinski definition) is 4. The van der Waals surface area contributed by atoms with Crippen molar-refractivity contribution in [2.24, 2.45) is 0 Å². The molecule has 0 aliphatic carbocycles. The van der Waals surface area contributed by atoms with Gasteiger partial charge in [0, 0.05) is 34.6 Å². The van der Waals surface area contributed by atoms with Gasteiger partial charge in [0.2, 0.25) is 0 Å². The molecule has 0 radical (unpaired) electrons. The van der Waals surface area contributed by atoms with E-state index in [1.54, 1.807) is 18.3 Å². The highest BCUT2D eigenvalue weighted by atomic mass is 35.5. The highest BCUT2D eigenvalue weighted by molar-refractivity contribution is 6.29. The van der Waals surface area contributed by atoms with E-state index in [0.29, 0.717) is 17.0 Å². The zero-order valence-electron chi connectivity index (χ0n) is 9.39. The molecule has 92 valence electrons. The maximum Gasteiger partial charge on any atom is 0.278 e. The lowest BCUT2D eigenvalue weighted by Gasteiger charge is -2.08. The number of rotatable bonds is 4. The minimum absolute atomic E-state index is 0.0355. The van der Waals surface area contributed by atoms with E-state index in [2.05, 4.69) is 16.9 Å². The average Bonchev–Trinajstić information content (AvgIpc) is 2.35. The molecule has 6 heteroatoms. The lowest BCUT2D eigenvalue weighted by Crippen LogP contribution is -2.02. The molecule has 1 N–H and O–H groups in total. The van der Waals surface area contributed by atoms with E-state index in [0.717, 1.165) is 11.1 Å². The summed E-state index contributed by atoms with van der Waals surface area (Å²) in [5, 5.41) is 15.7. The largest absolute Gasteiger partial charge is 0.380 e. The smallest absolute Gasteiger partial charge is 0.278 e. The fourth-order valence-electron chi connectivity index (χ4n) is 1.68. The molecule has 0 atom stereocenters. The van der Waals surface area contributed by atoms with Gasteiger partial charge in [0.15, 0.2) is 0 Å². The number of nitrogens with one attached hydrogen (secondary N) is 1. The monoisotopic (exact) mass is 263 g/mol. The summed E-state index contributed by atoms with van der Waals surface area (Å²) in [6.45, 7) is 3.98. The van der Waals surface area contributed by atoms with Crippen LogP contribution in [0, 0.1) is 10.1 Å². The SMILES string of the molecule is C=C(Cl)CNc1ccc([N+](=O)[O-])c2cnccc12. The lowest BCUT2D eigenvalue weighted by molar-refractivity contribution is -0.383. The predicted octanol–water partition coefficient (Wildman–Crippen LogP) is 3.31. The van der Waals surface area contributed by atoms with E-state index >= 15 is 0 Å². The van der Waals surface area contributed by atoms with Gasteiger partial charge in [-0.05, 0) is 12.1 Å². The van der Waals surface area contributed by atoms with E-state index < -0.39 is 4.92 Å². The molecule has 5 nitrogen and oxygen atoms in total. The number of anilines is 1. The topological polar surface area (TPSA) is 68.1 Å². The number of halogens is 1. The third kappa shape index (κ3) is 2.41. The highest BCUT2D eigenvalue weighted by Crippen LogP contribution is 2.30. The van der Waals surface area contributed by atoms with Gasteiger partial charge in [-0.1, -0.05) is 18.2 Å². The molecular weight excluding hydrogens is 254 g/mol. The summed E-state index contributed by atoms with van der Waals surface area (Å²) in [4.78, 5) is 14.4. The molecule has 0 bridgehead atoms. The molecule has 0 saturated heterocycles. The van der Waals surface area contributed by atoms with Crippen molar-refractivity contribution in [3.8, 4) is 0 Å². The van der Waals surface area contributed by atoms with Crippen LogP contribution in [0.15, 0.2) is 42.2 Å². The molecule has 2 rings (SSSR count). The van der Waals surface area contributed by atoms with Gasteiger partial charge in [-0.3, -0.25) is 15.1 Å². The van der Waals surface area contributed by atoms with Crippen molar-refractivity contribution in [3.05, 3.63) is 52.3 Å². The zero-order chi connectivity index (χ0) is 13.1. The summed E-state index contributed by atoms with van der Waals surface area (Å²) in [5.41, 5.74) is 0.799. The van der Waals surface area contributed by atoms with Gasteiger partial charge in [0.1, 0.15) is 0 Å². The van der Waals surface area contributed by atoms with Crippen LogP contribution in [0.5, 0.6) is 0 Å². The Morgan fingerprint density at radius 2 is 2.22 bits per heavy atom. The van der Waals surface area contributed by atoms with Crippen molar-refractivity contribution >= 4 is 33.7 Å². The van der Waals surface area contributed by atoms with Gasteiger partial charge in [-0.25, -0.2) is 0 Å². The van der Waals surface area contributed by atoms with Crippen molar-refractivity contribution < 1.29 is 4.92 Å². The lowest BCUT2D eigenvalue weighted by atomic mass is 10.1. The second-order valence-electron chi connectivity index (χ2n) is 3.68. The van der Waals surface area contributed by atoms with Gasteiger partial charge in [-0.15, -0.1) is 0 Å². The zero-order valence-corrected chi connectivity index (χ0v) is 10.1. The van der Waals surface area contributed by atoms with Crippen LogP contribution in [0.1, 0.15) is 0 Å². The number of nitrogens with zero attached hydrogens (tertiary/aromatic N) is 2. The number of non-ortho nitro benzene ring substituents is 1. The molecule has 0 amide bonds. The summed E-state index contributed by atoms with van der Waals surface area (Å²) in [5.74, 6) is 0. The Balaban J connectivity index is 2.53. The first-order valence-corrected chi connectivity index (χ1v) is 5.55. The Morgan fingerprint density at radius 3 is 2.89 bits per heavy atom. The normalized spacial score (nSPS) is 10.3. The summed E-state index contributed by atoms with van der Waals surface area (Å²) in [7, 11) is 0. The Bertz CT molecular complexity index is 628. The van der Waals surface area contributed by atoms with E-state index in [1.165, 1.54) is 12.3 Å². The predicted molar refractivity (Wildman–Crippen MR) is 71.9 cm³/mol. The van der Waals surface area contributed by atoms with Crippen LogP contribution in [0.4, 0.5) is 11.4 Å². The van der Waals surface area contributed by atoms with Crippen LogP contribution in [-0.2, 0) is 0 Å². The standard InChI is InChI=1S/C12H10ClN3O2/c1-8(13)6-15-11-2-3-12(16(17)18)10-7-14-5-4-9(10)11/h2-5,7,15H,1,6H2. The molecule has 0 saturated carbocycles. The van der Waals surface area contributed by atoms with Crippen LogP contribution in [0.2, 0.25) is 0 Å². The third-order valence-electron chi connectivity index (χ3n) is 2.46. The van der Waals surface area contributed by atoms with E-state index in [9.17, 15) is 10.1 Å².